The fourth-order valence-electron chi connectivity index (χ4n) is 2.92. The average molecular weight is 364 g/mol. The molecule has 0 unspecified atom stereocenters. The van der Waals surface area contributed by atoms with Gasteiger partial charge in [0.2, 0.25) is 5.91 Å². The molecule has 0 bridgehead atoms. The van der Waals surface area contributed by atoms with Crippen LogP contribution in [0.5, 0.6) is 0 Å². The molecule has 0 radical (unpaired) electrons. The third-order valence-electron chi connectivity index (χ3n) is 4.45. The minimum Gasteiger partial charge on any atom is -0.548 e. The van der Waals surface area contributed by atoms with Gasteiger partial charge in [-0.2, -0.15) is 0 Å². The van der Waals surface area contributed by atoms with Gasteiger partial charge in [-0.3, -0.25) is 4.79 Å². The molecule has 0 aliphatic carbocycles. The summed E-state index contributed by atoms with van der Waals surface area (Å²) in [5.41, 5.74) is 0. The van der Waals surface area contributed by atoms with E-state index >= 15 is 0 Å². The number of aliphatic carboxylic acids is 1. The number of hydrogen-bond acceptors (Lipinski definition) is 3. The number of rotatable bonds is 17. The Morgan fingerprint density at radius 3 is 1.64 bits per heavy atom. The van der Waals surface area contributed by atoms with Crippen molar-refractivity contribution < 1.29 is 44.3 Å². The maximum absolute atomic E-state index is 12.2. The van der Waals surface area contributed by atoms with Crippen molar-refractivity contribution in [3.05, 3.63) is 0 Å². The molecule has 1 amide bonds. The van der Waals surface area contributed by atoms with Crippen molar-refractivity contribution in [3.8, 4) is 0 Å². The normalized spacial score (nSPS) is 10.3. The van der Waals surface area contributed by atoms with E-state index in [9.17, 15) is 14.7 Å². The topological polar surface area (TPSA) is 60.4 Å². The van der Waals surface area contributed by atoms with Crippen molar-refractivity contribution in [2.75, 3.05) is 13.1 Å². The third-order valence-corrected chi connectivity index (χ3v) is 4.45. The van der Waals surface area contributed by atoms with Crippen LogP contribution in [0.15, 0.2) is 0 Å². The van der Waals surface area contributed by atoms with E-state index in [1.807, 2.05) is 0 Å². The van der Waals surface area contributed by atoms with Gasteiger partial charge in [0.15, 0.2) is 0 Å². The summed E-state index contributed by atoms with van der Waals surface area (Å²) in [6.45, 7) is 4.68. The molecule has 0 heterocycles. The van der Waals surface area contributed by atoms with Crippen molar-refractivity contribution in [2.24, 2.45) is 0 Å². The molecule has 0 saturated heterocycles. The molecule has 0 aromatic rings. The number of unbranched alkanes of at least 4 members (excludes halogenated alkanes) is 11. The van der Waals surface area contributed by atoms with Crippen molar-refractivity contribution in [3.63, 3.8) is 0 Å². The molecule has 0 aliphatic heterocycles. The Hall–Kier alpha value is -0.0600. The first kappa shape index (κ1) is 27.2. The van der Waals surface area contributed by atoms with Crippen LogP contribution in [0.2, 0.25) is 0 Å². The molecule has 0 spiro atoms. The van der Waals surface area contributed by atoms with Crippen molar-refractivity contribution in [2.45, 2.75) is 104 Å². The summed E-state index contributed by atoms with van der Waals surface area (Å²) >= 11 is 0. The van der Waals surface area contributed by atoms with Crippen LogP contribution >= 0.6 is 0 Å². The Kier molecular flexibility index (Phi) is 22.0. The van der Waals surface area contributed by atoms with Crippen LogP contribution in [0.4, 0.5) is 0 Å². The molecule has 0 fully saturated rings. The first-order valence-electron chi connectivity index (χ1n) is 10.1. The van der Waals surface area contributed by atoms with Gasteiger partial charge in [-0.25, -0.2) is 0 Å². The molecule has 142 valence electrons. The van der Waals surface area contributed by atoms with Gasteiger partial charge < -0.3 is 14.8 Å². The summed E-state index contributed by atoms with van der Waals surface area (Å²) in [5, 5.41) is 10.9. The predicted molar refractivity (Wildman–Crippen MR) is 97.6 cm³/mol. The number of carboxylic acids is 1. The number of carboxylic acid groups (broad SMARTS) is 1. The quantitative estimate of drug-likeness (QED) is 0.287. The van der Waals surface area contributed by atoms with E-state index in [0.29, 0.717) is 13.0 Å². The number of carbonyl (C=O) groups excluding carboxylic acids is 2. The van der Waals surface area contributed by atoms with E-state index in [4.69, 9.17) is 0 Å². The van der Waals surface area contributed by atoms with Crippen molar-refractivity contribution in [1.82, 2.24) is 4.90 Å². The summed E-state index contributed by atoms with van der Waals surface area (Å²) in [7, 11) is 0. The van der Waals surface area contributed by atoms with Crippen LogP contribution in [-0.2, 0) is 9.59 Å². The van der Waals surface area contributed by atoms with E-state index in [1.54, 1.807) is 0 Å². The van der Waals surface area contributed by atoms with Gasteiger partial charge in [0.25, 0.3) is 0 Å². The van der Waals surface area contributed by atoms with Crippen molar-refractivity contribution in [1.29, 1.82) is 0 Å². The predicted octanol–water partition coefficient (Wildman–Crippen LogP) is 1.07. The summed E-state index contributed by atoms with van der Waals surface area (Å²) in [6.07, 6.45) is 15.4. The Balaban J connectivity index is 0. The molecule has 5 heteroatoms. The van der Waals surface area contributed by atoms with Crippen LogP contribution in [0.1, 0.15) is 104 Å². The molecule has 25 heavy (non-hydrogen) atoms. The first-order chi connectivity index (χ1) is 11.6. The van der Waals surface area contributed by atoms with Crippen LogP contribution in [0, 0.1) is 0 Å². The number of amides is 1. The van der Waals surface area contributed by atoms with Crippen LogP contribution in [0.25, 0.3) is 0 Å². The fourth-order valence-corrected chi connectivity index (χ4v) is 2.92. The Bertz CT molecular complexity index is 324. The van der Waals surface area contributed by atoms with Gasteiger partial charge in [-0.1, -0.05) is 84.5 Å². The van der Waals surface area contributed by atoms with Gasteiger partial charge in [-0.15, -0.1) is 0 Å². The zero-order valence-corrected chi connectivity index (χ0v) is 19.0. The molecule has 0 aromatic carbocycles. The third kappa shape index (κ3) is 18.5. The molecule has 0 rings (SSSR count). The SMILES string of the molecule is CCCCCCCCCC(=O)N(CCCCCCCC)CC(=O)[O-].[Na+]. The number of carbonyl (C=O) groups is 2. The van der Waals surface area contributed by atoms with Gasteiger partial charge in [0.05, 0.1) is 12.5 Å². The zero-order chi connectivity index (χ0) is 18.0. The Morgan fingerprint density at radius 1 is 0.720 bits per heavy atom. The van der Waals surface area contributed by atoms with Gasteiger partial charge in [0, 0.05) is 13.0 Å². The van der Waals surface area contributed by atoms with Gasteiger partial charge in [-0.05, 0) is 12.8 Å². The van der Waals surface area contributed by atoms with Crippen LogP contribution in [-0.4, -0.2) is 29.9 Å². The standard InChI is InChI=1S/C20H39NO3.Na/c1-3-5-7-9-11-12-14-16-19(22)21(18-20(23)24)17-15-13-10-8-6-4-2;/h3-18H2,1-2H3,(H,23,24);/q;+1/p-1. The number of nitrogens with zero attached hydrogens (tertiary/aromatic N) is 1. The molecular formula is C20H38NNaO3. The summed E-state index contributed by atoms with van der Waals surface area (Å²) in [5.74, 6) is -1.18. The second-order valence-corrected chi connectivity index (χ2v) is 6.83. The van der Waals surface area contributed by atoms with Crippen LogP contribution < -0.4 is 34.7 Å². The Morgan fingerprint density at radius 2 is 1.16 bits per heavy atom. The maximum atomic E-state index is 12.2. The molecule has 4 nitrogen and oxygen atoms in total. The molecule has 0 N–H and O–H groups in total. The van der Waals surface area contributed by atoms with E-state index in [2.05, 4.69) is 13.8 Å². The molecular weight excluding hydrogens is 325 g/mol. The van der Waals surface area contributed by atoms with Crippen LogP contribution in [0.3, 0.4) is 0 Å². The van der Waals surface area contributed by atoms with E-state index in [0.717, 1.165) is 25.7 Å². The smallest absolute Gasteiger partial charge is 0.548 e. The van der Waals surface area contributed by atoms with Gasteiger partial charge in [0.1, 0.15) is 0 Å². The molecule has 0 aliphatic rings. The molecule has 0 saturated carbocycles. The van der Waals surface area contributed by atoms with E-state index < -0.39 is 5.97 Å². The number of hydrogen-bond donors (Lipinski definition) is 0. The minimum atomic E-state index is -1.16. The molecule has 0 atom stereocenters. The average Bonchev–Trinajstić information content (AvgIpc) is 2.55. The van der Waals surface area contributed by atoms with E-state index in [1.165, 1.54) is 62.7 Å². The van der Waals surface area contributed by atoms with Gasteiger partial charge >= 0.3 is 29.6 Å². The fraction of sp³-hybridized carbons (Fsp3) is 0.900. The second kappa shape index (κ2) is 20.3. The monoisotopic (exact) mass is 363 g/mol. The van der Waals surface area contributed by atoms with Crippen molar-refractivity contribution >= 4 is 11.9 Å². The first-order valence-corrected chi connectivity index (χ1v) is 10.1. The maximum Gasteiger partial charge on any atom is 1.00 e. The summed E-state index contributed by atoms with van der Waals surface area (Å²) in [6, 6.07) is 0. The zero-order valence-electron chi connectivity index (χ0n) is 17.0. The minimum absolute atomic E-state index is 0. The molecule has 0 aromatic heterocycles. The largest absolute Gasteiger partial charge is 1.00 e. The second-order valence-electron chi connectivity index (χ2n) is 6.83. The summed E-state index contributed by atoms with van der Waals surface area (Å²) in [4.78, 5) is 24.6. The van der Waals surface area contributed by atoms with E-state index in [-0.39, 0.29) is 42.0 Å². The Labute approximate surface area is 177 Å². The summed E-state index contributed by atoms with van der Waals surface area (Å²) < 4.78 is 0.